The lowest BCUT2D eigenvalue weighted by Gasteiger charge is -2.15. The van der Waals surface area contributed by atoms with Gasteiger partial charge in [0.1, 0.15) is 12.0 Å². The van der Waals surface area contributed by atoms with Crippen molar-refractivity contribution in [1.29, 1.82) is 0 Å². The van der Waals surface area contributed by atoms with Crippen molar-refractivity contribution in [3.63, 3.8) is 0 Å². The highest BCUT2D eigenvalue weighted by Gasteiger charge is 2.15. The molecule has 0 spiro atoms. The van der Waals surface area contributed by atoms with E-state index >= 15 is 0 Å². The number of carbonyl (C=O) groups excluding carboxylic acids is 1. The van der Waals surface area contributed by atoms with Crippen LogP contribution in [0.4, 0.5) is 0 Å². The Labute approximate surface area is 98.9 Å². The highest BCUT2D eigenvalue weighted by Crippen LogP contribution is 2.11. The number of aliphatic hydroxyl groups excluding tert-OH is 1. The molecule has 0 radical (unpaired) electrons. The molecule has 1 unspecified atom stereocenters. The fraction of sp³-hybridized carbons (Fsp3) is 0.500. The third kappa shape index (κ3) is 3.43. The zero-order chi connectivity index (χ0) is 12.0. The molecule has 1 aromatic heterocycles. The average Bonchev–Trinajstić information content (AvgIpc) is 2.28. The molecule has 0 aliphatic carbocycles. The van der Waals surface area contributed by atoms with Gasteiger partial charge in [0.2, 0.25) is 0 Å². The number of amides is 1. The number of rotatable bonds is 5. The van der Waals surface area contributed by atoms with Crippen molar-refractivity contribution in [2.45, 2.75) is 25.8 Å². The second-order valence-corrected chi connectivity index (χ2v) is 3.72. The summed E-state index contributed by atoms with van der Waals surface area (Å²) in [6, 6.07) is -0.0662. The van der Waals surface area contributed by atoms with Gasteiger partial charge < -0.3 is 10.4 Å². The van der Waals surface area contributed by atoms with Gasteiger partial charge in [0.05, 0.1) is 5.02 Å². The smallest absolute Gasteiger partial charge is 0.271 e. The van der Waals surface area contributed by atoms with Crippen LogP contribution in [0.25, 0.3) is 0 Å². The number of aliphatic hydroxyl groups is 1. The van der Waals surface area contributed by atoms with Crippen LogP contribution in [0.3, 0.4) is 0 Å². The zero-order valence-electron chi connectivity index (χ0n) is 8.98. The van der Waals surface area contributed by atoms with Crippen molar-refractivity contribution in [3.8, 4) is 0 Å². The van der Waals surface area contributed by atoms with E-state index in [4.69, 9.17) is 16.7 Å². The van der Waals surface area contributed by atoms with Gasteiger partial charge in [-0.3, -0.25) is 4.79 Å². The van der Waals surface area contributed by atoms with E-state index in [2.05, 4.69) is 15.3 Å². The maximum absolute atomic E-state index is 11.7. The molecule has 1 amide bonds. The number of hydrogen-bond donors (Lipinski definition) is 2. The van der Waals surface area contributed by atoms with Crippen LogP contribution in [0.15, 0.2) is 12.5 Å². The molecule has 1 heterocycles. The van der Waals surface area contributed by atoms with E-state index in [9.17, 15) is 4.79 Å². The minimum absolute atomic E-state index is 0.0380. The summed E-state index contributed by atoms with van der Waals surface area (Å²) in [5, 5.41) is 11.8. The lowest BCUT2D eigenvalue weighted by Crippen LogP contribution is -2.35. The Hall–Kier alpha value is -1.20. The van der Waals surface area contributed by atoms with Crippen molar-refractivity contribution >= 4 is 17.5 Å². The molecule has 88 valence electrons. The standard InChI is InChI=1S/C10H14ClN3O2/c1-2-7(3-4-15)14-10(16)9-8(11)5-12-6-13-9/h5-7,15H,2-4H2,1H3,(H,14,16). The highest BCUT2D eigenvalue weighted by atomic mass is 35.5. The molecule has 16 heavy (non-hydrogen) atoms. The lowest BCUT2D eigenvalue weighted by atomic mass is 10.1. The summed E-state index contributed by atoms with van der Waals surface area (Å²) in [6.45, 7) is 1.97. The largest absolute Gasteiger partial charge is 0.396 e. The van der Waals surface area contributed by atoms with E-state index < -0.39 is 0 Å². The number of halogens is 1. The Bertz CT molecular complexity index is 360. The van der Waals surface area contributed by atoms with Gasteiger partial charge in [-0.05, 0) is 12.8 Å². The van der Waals surface area contributed by atoms with Crippen LogP contribution >= 0.6 is 11.6 Å². The van der Waals surface area contributed by atoms with Gasteiger partial charge in [-0.25, -0.2) is 9.97 Å². The molecule has 1 aromatic rings. The number of hydrogen-bond acceptors (Lipinski definition) is 4. The molecule has 0 fully saturated rings. The number of nitrogens with one attached hydrogen (secondary N) is 1. The summed E-state index contributed by atoms with van der Waals surface area (Å²) in [6.07, 6.45) is 3.91. The SMILES string of the molecule is CCC(CCO)NC(=O)c1ncncc1Cl. The van der Waals surface area contributed by atoms with Gasteiger partial charge in [0, 0.05) is 18.8 Å². The van der Waals surface area contributed by atoms with Gasteiger partial charge in [-0.15, -0.1) is 0 Å². The van der Waals surface area contributed by atoms with Crippen LogP contribution in [-0.2, 0) is 0 Å². The molecule has 2 N–H and O–H groups in total. The number of nitrogens with zero attached hydrogens (tertiary/aromatic N) is 2. The van der Waals surface area contributed by atoms with Crippen LogP contribution in [-0.4, -0.2) is 33.6 Å². The maximum Gasteiger partial charge on any atom is 0.271 e. The molecule has 6 heteroatoms. The highest BCUT2D eigenvalue weighted by molar-refractivity contribution is 6.33. The Morgan fingerprint density at radius 2 is 2.44 bits per heavy atom. The summed E-state index contributed by atoms with van der Waals surface area (Å²) in [5.74, 6) is -0.340. The molecule has 1 atom stereocenters. The summed E-state index contributed by atoms with van der Waals surface area (Å²) >= 11 is 5.79. The molecular formula is C10H14ClN3O2. The van der Waals surface area contributed by atoms with Crippen LogP contribution in [0.5, 0.6) is 0 Å². The Morgan fingerprint density at radius 1 is 1.69 bits per heavy atom. The van der Waals surface area contributed by atoms with E-state index in [1.807, 2.05) is 6.92 Å². The van der Waals surface area contributed by atoms with Crippen molar-refractivity contribution in [2.24, 2.45) is 0 Å². The van der Waals surface area contributed by atoms with Crippen LogP contribution < -0.4 is 5.32 Å². The molecule has 0 aromatic carbocycles. The van der Waals surface area contributed by atoms with Gasteiger partial charge in [0.15, 0.2) is 0 Å². The molecule has 0 aliphatic heterocycles. The number of carbonyl (C=O) groups is 1. The summed E-state index contributed by atoms with van der Waals surface area (Å²) in [7, 11) is 0. The van der Waals surface area contributed by atoms with E-state index in [1.165, 1.54) is 12.5 Å². The molecule has 0 aliphatic rings. The quantitative estimate of drug-likeness (QED) is 0.810. The third-order valence-electron chi connectivity index (χ3n) is 2.19. The molecule has 0 saturated heterocycles. The Balaban J connectivity index is 2.68. The number of aromatic nitrogens is 2. The topological polar surface area (TPSA) is 75.1 Å². The van der Waals surface area contributed by atoms with Gasteiger partial charge in [-0.1, -0.05) is 18.5 Å². The maximum atomic E-state index is 11.7. The molecule has 0 saturated carbocycles. The summed E-state index contributed by atoms with van der Waals surface area (Å²) < 4.78 is 0. The minimum atomic E-state index is -0.340. The van der Waals surface area contributed by atoms with E-state index in [0.29, 0.717) is 6.42 Å². The van der Waals surface area contributed by atoms with Crippen LogP contribution in [0, 0.1) is 0 Å². The first-order valence-corrected chi connectivity index (χ1v) is 5.44. The third-order valence-corrected chi connectivity index (χ3v) is 2.46. The van der Waals surface area contributed by atoms with E-state index in [1.54, 1.807) is 0 Å². The van der Waals surface area contributed by atoms with Crippen molar-refractivity contribution in [1.82, 2.24) is 15.3 Å². The second-order valence-electron chi connectivity index (χ2n) is 3.31. The fourth-order valence-corrected chi connectivity index (χ4v) is 1.46. The minimum Gasteiger partial charge on any atom is -0.396 e. The first kappa shape index (κ1) is 12.9. The van der Waals surface area contributed by atoms with Crippen molar-refractivity contribution in [3.05, 3.63) is 23.2 Å². The van der Waals surface area contributed by atoms with Crippen molar-refractivity contribution in [2.75, 3.05) is 6.61 Å². The first-order chi connectivity index (χ1) is 7.69. The van der Waals surface area contributed by atoms with Gasteiger partial charge >= 0.3 is 0 Å². The van der Waals surface area contributed by atoms with E-state index in [-0.39, 0.29) is 29.3 Å². The van der Waals surface area contributed by atoms with E-state index in [0.717, 1.165) is 6.42 Å². The zero-order valence-corrected chi connectivity index (χ0v) is 9.74. The monoisotopic (exact) mass is 243 g/mol. The molecule has 0 bridgehead atoms. The van der Waals surface area contributed by atoms with Crippen LogP contribution in [0.2, 0.25) is 5.02 Å². The second kappa shape index (κ2) is 6.40. The normalized spacial score (nSPS) is 12.2. The van der Waals surface area contributed by atoms with Crippen molar-refractivity contribution < 1.29 is 9.90 Å². The summed E-state index contributed by atoms with van der Waals surface area (Å²) in [4.78, 5) is 19.3. The van der Waals surface area contributed by atoms with Gasteiger partial charge in [-0.2, -0.15) is 0 Å². The molecule has 1 rings (SSSR count). The lowest BCUT2D eigenvalue weighted by molar-refractivity contribution is 0.0924. The Kier molecular flexibility index (Phi) is 5.14. The summed E-state index contributed by atoms with van der Waals surface area (Å²) in [5.41, 5.74) is 0.160. The first-order valence-electron chi connectivity index (χ1n) is 5.06. The Morgan fingerprint density at radius 3 is 3.00 bits per heavy atom. The predicted octanol–water partition coefficient (Wildman–Crippen LogP) is 1.02. The molecule has 5 nitrogen and oxygen atoms in total. The van der Waals surface area contributed by atoms with Gasteiger partial charge in [0.25, 0.3) is 5.91 Å². The molecular weight excluding hydrogens is 230 g/mol. The van der Waals surface area contributed by atoms with Crippen LogP contribution in [0.1, 0.15) is 30.3 Å². The fourth-order valence-electron chi connectivity index (χ4n) is 1.27. The average molecular weight is 244 g/mol. The predicted molar refractivity (Wildman–Crippen MR) is 60.3 cm³/mol.